The minimum Gasteiger partial charge on any atom is -0.545 e. The van der Waals surface area contributed by atoms with Gasteiger partial charge in [0.05, 0.1) is 40.3 Å². The summed E-state index contributed by atoms with van der Waals surface area (Å²) < 4.78 is 22.8. The van der Waals surface area contributed by atoms with Gasteiger partial charge in [0.25, 0.3) is 0 Å². The Bertz CT molecular complexity index is 1870. The van der Waals surface area contributed by atoms with Crippen LogP contribution in [-0.4, -0.2) is 82.3 Å². The van der Waals surface area contributed by atoms with E-state index in [1.807, 2.05) is 21.1 Å². The van der Waals surface area contributed by atoms with E-state index in [4.69, 9.17) is 18.9 Å². The minimum atomic E-state index is -1.63. The SMILES string of the molecule is CC/C=C\C/C=C\C/C=C\C/C=C\C/C=C\C/C=C\C/C=C\C/C=C\CCCCCCCCCCCCC(=O)OC(COC(=O)CCCCCCCCCCCCCCCCCCCCC/C=C\CCCCCCCCCC)COC(OCC[N+](C)(C)C)C(=O)[O-]. The second-order valence-corrected chi connectivity index (χ2v) is 26.6. The molecule has 0 rings (SSSR count). The number of likely N-dealkylation sites (N-methyl/N-ethyl adjacent to an activating group) is 1. The molecule has 91 heavy (non-hydrogen) atoms. The lowest BCUT2D eigenvalue weighted by atomic mass is 10.0. The number of allylic oxidation sites excluding steroid dienone is 18. The Hall–Kier alpha value is -4.05. The van der Waals surface area contributed by atoms with E-state index in [2.05, 4.69) is 123 Å². The van der Waals surface area contributed by atoms with Crippen LogP contribution >= 0.6 is 0 Å². The van der Waals surface area contributed by atoms with Crippen LogP contribution in [0.5, 0.6) is 0 Å². The third kappa shape index (κ3) is 73.2. The number of carboxylic acid groups (broad SMARTS) is 1. The summed E-state index contributed by atoms with van der Waals surface area (Å²) >= 11 is 0. The van der Waals surface area contributed by atoms with Crippen molar-refractivity contribution in [2.45, 2.75) is 347 Å². The Morgan fingerprint density at radius 1 is 0.341 bits per heavy atom. The summed E-state index contributed by atoms with van der Waals surface area (Å²) in [6, 6.07) is 0. The Morgan fingerprint density at radius 3 is 0.945 bits per heavy atom. The molecule has 0 N–H and O–H groups in total. The fourth-order valence-electron chi connectivity index (χ4n) is 10.7. The van der Waals surface area contributed by atoms with Crippen molar-refractivity contribution in [2.24, 2.45) is 0 Å². The van der Waals surface area contributed by atoms with Crippen LogP contribution in [0.25, 0.3) is 0 Å². The van der Waals surface area contributed by atoms with Crippen molar-refractivity contribution in [3.63, 3.8) is 0 Å². The van der Waals surface area contributed by atoms with E-state index in [0.717, 1.165) is 96.3 Å². The molecule has 2 atom stereocenters. The molecule has 0 aliphatic rings. The van der Waals surface area contributed by atoms with E-state index in [1.54, 1.807) is 0 Å². The van der Waals surface area contributed by atoms with Gasteiger partial charge in [0.2, 0.25) is 0 Å². The summed E-state index contributed by atoms with van der Waals surface area (Å²) in [6.07, 6.45) is 97.6. The fraction of sp³-hybridized carbons (Fsp3) is 0.744. The second kappa shape index (κ2) is 71.8. The van der Waals surface area contributed by atoms with Crippen LogP contribution in [0.1, 0.15) is 335 Å². The lowest BCUT2D eigenvalue weighted by Crippen LogP contribution is -2.44. The largest absolute Gasteiger partial charge is 0.545 e. The maximum Gasteiger partial charge on any atom is 0.306 e. The quantitative estimate of drug-likeness (QED) is 0.0195. The highest BCUT2D eigenvalue weighted by Gasteiger charge is 2.22. The number of carbonyl (C=O) groups excluding carboxylic acids is 3. The Balaban J connectivity index is 4.09. The highest BCUT2D eigenvalue weighted by molar-refractivity contribution is 5.70. The standard InChI is InChI=1S/C82H143NO8/c1-6-8-10-12-14-16-18-20-22-24-26-28-30-32-34-36-38-39-40-41-43-45-47-49-51-53-55-57-59-61-63-65-67-69-71-73-80(85)91-78(77-90-82(81(86)87)88-75-74-83(3,4)5)76-89-79(84)72-70-68-66-64-62-60-58-56-54-52-50-48-46-44-42-37-35-33-31-29-27-25-23-21-19-17-15-13-11-9-7-2/h8,10,14,16,20,22,25-28,32,34,38-39,41,43,47,49,78,82H,6-7,9,11-13,15,17-19,21,23-24,29-31,33,35-37,40,42,44-46,48,50-77H2,1-5H3/b10-8-,16-14-,22-20-,27-25-,28-26-,34-32-,39-38-,43-41-,49-47-. The smallest absolute Gasteiger partial charge is 0.306 e. The van der Waals surface area contributed by atoms with E-state index in [-0.39, 0.29) is 32.2 Å². The maximum atomic E-state index is 13.0. The molecule has 9 nitrogen and oxygen atoms in total. The van der Waals surface area contributed by atoms with Gasteiger partial charge in [0.1, 0.15) is 13.2 Å². The Kier molecular flexibility index (Phi) is 68.6. The zero-order valence-electron chi connectivity index (χ0n) is 59.9. The number of hydrogen-bond donors (Lipinski definition) is 0. The number of carbonyl (C=O) groups is 3. The third-order valence-electron chi connectivity index (χ3n) is 16.5. The molecule has 0 saturated heterocycles. The summed E-state index contributed by atoms with van der Waals surface area (Å²) in [5.74, 6) is -2.28. The number of hydrogen-bond acceptors (Lipinski definition) is 8. The van der Waals surface area contributed by atoms with Crippen molar-refractivity contribution in [3.8, 4) is 0 Å². The first-order chi connectivity index (χ1) is 44.6. The van der Waals surface area contributed by atoms with Crippen molar-refractivity contribution in [2.75, 3.05) is 47.5 Å². The first kappa shape index (κ1) is 87.0. The molecule has 0 spiro atoms. The van der Waals surface area contributed by atoms with Gasteiger partial charge in [0.15, 0.2) is 12.4 Å². The van der Waals surface area contributed by atoms with Gasteiger partial charge in [-0.25, -0.2) is 0 Å². The van der Waals surface area contributed by atoms with E-state index in [0.29, 0.717) is 23.9 Å². The molecule has 0 bridgehead atoms. The van der Waals surface area contributed by atoms with Gasteiger partial charge in [-0.05, 0) is 103 Å². The highest BCUT2D eigenvalue weighted by Crippen LogP contribution is 2.18. The number of rotatable bonds is 70. The predicted molar refractivity (Wildman–Crippen MR) is 389 cm³/mol. The van der Waals surface area contributed by atoms with Gasteiger partial charge >= 0.3 is 11.9 Å². The molecule has 0 heterocycles. The van der Waals surface area contributed by atoms with Crippen molar-refractivity contribution in [1.29, 1.82) is 0 Å². The molecule has 0 aliphatic carbocycles. The average Bonchev–Trinajstić information content (AvgIpc) is 3.46. The van der Waals surface area contributed by atoms with Crippen molar-refractivity contribution in [3.05, 3.63) is 109 Å². The van der Waals surface area contributed by atoms with E-state index >= 15 is 0 Å². The number of esters is 2. The molecule has 9 heteroatoms. The van der Waals surface area contributed by atoms with Gasteiger partial charge in [-0.2, -0.15) is 0 Å². The molecule has 0 aromatic rings. The van der Waals surface area contributed by atoms with Crippen LogP contribution < -0.4 is 5.11 Å². The lowest BCUT2D eigenvalue weighted by molar-refractivity contribution is -0.870. The predicted octanol–water partition coefficient (Wildman–Crippen LogP) is 22.8. The molecule has 524 valence electrons. The van der Waals surface area contributed by atoms with E-state index in [1.165, 1.54) is 205 Å². The van der Waals surface area contributed by atoms with Gasteiger partial charge < -0.3 is 33.3 Å². The van der Waals surface area contributed by atoms with Gasteiger partial charge in [-0.15, -0.1) is 0 Å². The average molecular weight is 1270 g/mol. The second-order valence-electron chi connectivity index (χ2n) is 26.6. The molecular formula is C82H143NO8. The van der Waals surface area contributed by atoms with Crippen LogP contribution in [0.4, 0.5) is 0 Å². The molecule has 0 aromatic carbocycles. The number of quaternary nitrogens is 1. The molecule has 0 amide bonds. The first-order valence-corrected chi connectivity index (χ1v) is 38.0. The molecule has 0 aliphatic heterocycles. The van der Waals surface area contributed by atoms with E-state index in [9.17, 15) is 19.5 Å². The fourth-order valence-corrected chi connectivity index (χ4v) is 10.7. The zero-order chi connectivity index (χ0) is 66.1. The summed E-state index contributed by atoms with van der Waals surface area (Å²) in [6.45, 7) is 4.66. The van der Waals surface area contributed by atoms with Gasteiger partial charge in [0, 0.05) is 12.8 Å². The topological polar surface area (TPSA) is 111 Å². The van der Waals surface area contributed by atoms with Crippen LogP contribution in [0.2, 0.25) is 0 Å². The number of carboxylic acids is 1. The molecule has 0 fully saturated rings. The molecule has 2 unspecified atom stereocenters. The number of aliphatic carboxylic acids is 1. The van der Waals surface area contributed by atoms with Gasteiger partial charge in [-0.1, -0.05) is 329 Å². The van der Waals surface area contributed by atoms with Crippen LogP contribution in [-0.2, 0) is 33.3 Å². The van der Waals surface area contributed by atoms with E-state index < -0.39 is 24.3 Å². The molecule has 0 saturated carbocycles. The van der Waals surface area contributed by atoms with Crippen LogP contribution in [0.3, 0.4) is 0 Å². The van der Waals surface area contributed by atoms with Gasteiger partial charge in [-0.3, -0.25) is 9.59 Å². The molecule has 0 aromatic heterocycles. The number of nitrogens with zero attached hydrogens (tertiary/aromatic N) is 1. The van der Waals surface area contributed by atoms with Crippen molar-refractivity contribution < 1.29 is 42.9 Å². The third-order valence-corrected chi connectivity index (χ3v) is 16.5. The zero-order valence-corrected chi connectivity index (χ0v) is 59.9. The summed E-state index contributed by atoms with van der Waals surface area (Å²) in [5, 5.41) is 11.8. The van der Waals surface area contributed by atoms with Crippen molar-refractivity contribution in [1.82, 2.24) is 0 Å². The van der Waals surface area contributed by atoms with Crippen LogP contribution in [0.15, 0.2) is 109 Å². The first-order valence-electron chi connectivity index (χ1n) is 38.0. The summed E-state index contributed by atoms with van der Waals surface area (Å²) in [5.41, 5.74) is 0. The lowest BCUT2D eigenvalue weighted by Gasteiger charge is -2.26. The number of ether oxygens (including phenoxy) is 4. The minimum absolute atomic E-state index is 0.144. The summed E-state index contributed by atoms with van der Waals surface area (Å²) in [7, 11) is 5.93. The molecular weight excluding hydrogens is 1130 g/mol. The highest BCUT2D eigenvalue weighted by atomic mass is 16.7. The van der Waals surface area contributed by atoms with Crippen molar-refractivity contribution >= 4 is 17.9 Å². The Morgan fingerprint density at radius 2 is 0.626 bits per heavy atom. The monoisotopic (exact) mass is 1270 g/mol. The molecule has 0 radical (unpaired) electrons. The maximum absolute atomic E-state index is 13.0. The normalized spacial score (nSPS) is 13.3. The van der Waals surface area contributed by atoms with Crippen LogP contribution in [0, 0.1) is 0 Å². The summed E-state index contributed by atoms with van der Waals surface area (Å²) in [4.78, 5) is 37.6. The number of unbranched alkanes of at least 4 members (excludes halogenated alkanes) is 37. The Labute approximate surface area is 562 Å².